The van der Waals surface area contributed by atoms with Crippen LogP contribution in [0.5, 0.6) is 17.2 Å². The van der Waals surface area contributed by atoms with Crippen molar-refractivity contribution in [2.45, 2.75) is 19.6 Å². The number of benzene rings is 3. The normalized spacial score (nSPS) is 14.4. The number of anilines is 2. The standard InChI is InChI=1S/C27H25BrN6O4/c1-16-24(26(35)30-20-6-4-5-7-21(20)36-2)25(34-27(29-16)31-32-33-34)18-10-13-22(23(14-18)37-3)38-15-17-8-11-19(28)12-9-17/h4-14,25H,15H2,1-3H3,(H,30,35)(H,29,31,33). The van der Waals surface area contributed by atoms with Gasteiger partial charge >= 0.3 is 0 Å². The van der Waals surface area contributed by atoms with Gasteiger partial charge in [0.2, 0.25) is 5.95 Å². The van der Waals surface area contributed by atoms with Crippen LogP contribution >= 0.6 is 15.9 Å². The third-order valence-corrected chi connectivity index (χ3v) is 6.65. The first-order chi connectivity index (χ1) is 18.5. The largest absolute Gasteiger partial charge is 0.495 e. The number of hydrogen-bond acceptors (Lipinski definition) is 8. The van der Waals surface area contributed by atoms with Crippen molar-refractivity contribution in [1.29, 1.82) is 0 Å². The van der Waals surface area contributed by atoms with Crippen molar-refractivity contribution in [2.24, 2.45) is 0 Å². The maximum absolute atomic E-state index is 13.7. The van der Waals surface area contributed by atoms with Gasteiger partial charge in [-0.2, -0.15) is 4.68 Å². The molecule has 1 atom stereocenters. The number of fused-ring (bicyclic) bond motifs is 1. The fraction of sp³-hybridized carbons (Fsp3) is 0.185. The van der Waals surface area contributed by atoms with Crippen molar-refractivity contribution in [3.05, 3.63) is 93.6 Å². The maximum atomic E-state index is 13.7. The molecule has 1 amide bonds. The van der Waals surface area contributed by atoms with E-state index in [1.54, 1.807) is 31.0 Å². The van der Waals surface area contributed by atoms with E-state index in [-0.39, 0.29) is 5.91 Å². The van der Waals surface area contributed by atoms with Gasteiger partial charge in [0.05, 0.1) is 25.5 Å². The van der Waals surface area contributed by atoms with E-state index in [1.165, 1.54) is 0 Å². The van der Waals surface area contributed by atoms with Crippen molar-refractivity contribution < 1.29 is 19.0 Å². The van der Waals surface area contributed by atoms with Crippen molar-refractivity contribution in [2.75, 3.05) is 24.9 Å². The monoisotopic (exact) mass is 576 g/mol. The number of ether oxygens (including phenoxy) is 3. The molecule has 0 bridgehead atoms. The Balaban J connectivity index is 1.47. The second-order valence-corrected chi connectivity index (χ2v) is 9.41. The smallest absolute Gasteiger partial charge is 0.255 e. The Kier molecular flexibility index (Phi) is 7.27. The number of carbonyl (C=O) groups is 1. The Morgan fingerprint density at radius 2 is 1.79 bits per heavy atom. The molecule has 1 aliphatic heterocycles. The summed E-state index contributed by atoms with van der Waals surface area (Å²) < 4.78 is 19.7. The highest BCUT2D eigenvalue weighted by molar-refractivity contribution is 9.10. The first kappa shape index (κ1) is 25.3. The van der Waals surface area contributed by atoms with Crippen LogP contribution in [0.2, 0.25) is 0 Å². The van der Waals surface area contributed by atoms with Crippen LogP contribution in [0, 0.1) is 0 Å². The van der Waals surface area contributed by atoms with Gasteiger partial charge in [0.25, 0.3) is 5.91 Å². The molecule has 2 N–H and O–H groups in total. The summed E-state index contributed by atoms with van der Waals surface area (Å²) in [6.07, 6.45) is 0. The predicted molar refractivity (Wildman–Crippen MR) is 145 cm³/mol. The molecule has 38 heavy (non-hydrogen) atoms. The summed E-state index contributed by atoms with van der Waals surface area (Å²) >= 11 is 3.44. The van der Waals surface area contributed by atoms with Crippen LogP contribution in [0.4, 0.5) is 11.6 Å². The van der Waals surface area contributed by atoms with Gasteiger partial charge in [-0.1, -0.05) is 51.4 Å². The lowest BCUT2D eigenvalue weighted by molar-refractivity contribution is -0.113. The lowest BCUT2D eigenvalue weighted by Crippen LogP contribution is -2.31. The SMILES string of the molecule is COc1ccccc1NC(=O)C1=C(C)Nc2nnnn2C1c1ccc(OCc2ccc(Br)cc2)c(OC)c1. The van der Waals surface area contributed by atoms with Crippen LogP contribution in [0.25, 0.3) is 0 Å². The number of halogens is 1. The quantitative estimate of drug-likeness (QED) is 0.302. The molecule has 0 saturated heterocycles. The Morgan fingerprint density at radius 1 is 1.03 bits per heavy atom. The number of allylic oxidation sites excluding steroid dienone is 1. The van der Waals surface area contributed by atoms with Gasteiger partial charge in [0.15, 0.2) is 11.5 Å². The highest BCUT2D eigenvalue weighted by Gasteiger charge is 2.35. The fourth-order valence-electron chi connectivity index (χ4n) is 4.27. The molecule has 1 aliphatic rings. The number of nitrogens with zero attached hydrogens (tertiary/aromatic N) is 4. The molecule has 194 valence electrons. The average molecular weight is 577 g/mol. The molecule has 0 saturated carbocycles. The Morgan fingerprint density at radius 3 is 2.55 bits per heavy atom. The second kappa shape index (κ2) is 10.9. The molecule has 1 aromatic heterocycles. The molecule has 0 aliphatic carbocycles. The minimum atomic E-state index is -0.620. The van der Waals surface area contributed by atoms with Crippen LogP contribution in [0.1, 0.15) is 24.1 Å². The van der Waals surface area contributed by atoms with Gasteiger partial charge < -0.3 is 24.8 Å². The number of rotatable bonds is 8. The van der Waals surface area contributed by atoms with E-state index in [9.17, 15) is 4.79 Å². The lowest BCUT2D eigenvalue weighted by Gasteiger charge is -2.28. The van der Waals surface area contributed by atoms with E-state index >= 15 is 0 Å². The van der Waals surface area contributed by atoms with Crippen molar-refractivity contribution in [1.82, 2.24) is 20.2 Å². The minimum Gasteiger partial charge on any atom is -0.495 e. The Hall–Kier alpha value is -4.38. The van der Waals surface area contributed by atoms with Crippen LogP contribution in [-0.4, -0.2) is 40.3 Å². The van der Waals surface area contributed by atoms with Crippen LogP contribution in [0.3, 0.4) is 0 Å². The van der Waals surface area contributed by atoms with Crippen LogP contribution in [0.15, 0.2) is 82.5 Å². The zero-order valence-electron chi connectivity index (χ0n) is 20.9. The third-order valence-electron chi connectivity index (χ3n) is 6.12. The van der Waals surface area contributed by atoms with E-state index in [2.05, 4.69) is 42.1 Å². The van der Waals surface area contributed by atoms with Crippen LogP contribution in [-0.2, 0) is 11.4 Å². The predicted octanol–water partition coefficient (Wildman–Crippen LogP) is 4.96. The van der Waals surface area contributed by atoms with Gasteiger partial charge in [-0.25, -0.2) is 0 Å². The number of amides is 1. The van der Waals surface area contributed by atoms with Gasteiger partial charge in [-0.15, -0.1) is 0 Å². The number of para-hydroxylation sites is 2. The molecule has 3 aromatic carbocycles. The summed E-state index contributed by atoms with van der Waals surface area (Å²) in [7, 11) is 3.13. The van der Waals surface area contributed by atoms with Gasteiger partial charge in [-0.3, -0.25) is 4.79 Å². The number of methoxy groups -OCH3 is 2. The molecule has 4 aromatic rings. The molecule has 0 spiro atoms. The fourth-order valence-corrected chi connectivity index (χ4v) is 4.53. The molecular weight excluding hydrogens is 552 g/mol. The Bertz CT molecular complexity index is 1500. The van der Waals surface area contributed by atoms with Gasteiger partial charge in [0.1, 0.15) is 18.4 Å². The zero-order valence-corrected chi connectivity index (χ0v) is 22.5. The minimum absolute atomic E-state index is 0.319. The first-order valence-electron chi connectivity index (χ1n) is 11.7. The first-order valence-corrected chi connectivity index (χ1v) is 12.5. The molecule has 11 heteroatoms. The van der Waals surface area contributed by atoms with E-state index in [4.69, 9.17) is 14.2 Å². The molecule has 5 rings (SSSR count). The number of aromatic nitrogens is 4. The molecule has 2 heterocycles. The number of carbonyl (C=O) groups excluding carboxylic acids is 1. The number of hydrogen-bond donors (Lipinski definition) is 2. The zero-order chi connectivity index (χ0) is 26.6. The molecular formula is C27H25BrN6O4. The van der Waals surface area contributed by atoms with E-state index in [0.29, 0.717) is 46.8 Å². The van der Waals surface area contributed by atoms with Crippen molar-refractivity contribution in [3.63, 3.8) is 0 Å². The molecule has 1 unspecified atom stereocenters. The third kappa shape index (κ3) is 5.05. The maximum Gasteiger partial charge on any atom is 0.255 e. The topological polar surface area (TPSA) is 112 Å². The summed E-state index contributed by atoms with van der Waals surface area (Å²) in [6.45, 7) is 2.19. The summed E-state index contributed by atoms with van der Waals surface area (Å²) in [5.74, 6) is 1.76. The summed E-state index contributed by atoms with van der Waals surface area (Å²) in [5, 5.41) is 18.1. The number of tetrazole rings is 1. The van der Waals surface area contributed by atoms with Crippen molar-refractivity contribution in [3.8, 4) is 17.2 Å². The Labute approximate surface area is 227 Å². The van der Waals surface area contributed by atoms with E-state index in [1.807, 2.05) is 61.5 Å². The molecule has 0 fully saturated rings. The number of nitrogens with one attached hydrogen (secondary N) is 2. The van der Waals surface area contributed by atoms with E-state index < -0.39 is 6.04 Å². The van der Waals surface area contributed by atoms with E-state index in [0.717, 1.165) is 15.6 Å². The van der Waals surface area contributed by atoms with Gasteiger partial charge in [-0.05, 0) is 64.9 Å². The summed E-state index contributed by atoms with van der Waals surface area (Å²) in [5.41, 5.74) is 3.39. The average Bonchev–Trinajstić information content (AvgIpc) is 3.40. The summed E-state index contributed by atoms with van der Waals surface area (Å²) in [6, 6.07) is 20.0. The lowest BCUT2D eigenvalue weighted by atomic mass is 9.94. The summed E-state index contributed by atoms with van der Waals surface area (Å²) in [4.78, 5) is 13.7. The second-order valence-electron chi connectivity index (χ2n) is 8.49. The highest BCUT2D eigenvalue weighted by Crippen LogP contribution is 2.39. The van der Waals surface area contributed by atoms with Gasteiger partial charge in [0, 0.05) is 10.2 Å². The van der Waals surface area contributed by atoms with Crippen LogP contribution < -0.4 is 24.8 Å². The molecule has 0 radical (unpaired) electrons. The molecule has 10 nitrogen and oxygen atoms in total. The van der Waals surface area contributed by atoms with Crippen molar-refractivity contribution >= 4 is 33.5 Å². The highest BCUT2D eigenvalue weighted by atomic mass is 79.9.